The molecule has 1 rings (SSSR count). The highest BCUT2D eigenvalue weighted by Crippen LogP contribution is 2.09. The van der Waals surface area contributed by atoms with E-state index >= 15 is 0 Å². The Labute approximate surface area is 78.0 Å². The normalized spacial score (nSPS) is 10.5. The second-order valence-corrected chi connectivity index (χ2v) is 3.25. The first-order valence-electron chi connectivity index (χ1n) is 4.21. The molecule has 1 heterocycles. The van der Waals surface area contributed by atoms with Crippen molar-refractivity contribution in [1.29, 1.82) is 0 Å². The van der Waals surface area contributed by atoms with Gasteiger partial charge in [0.25, 0.3) is 0 Å². The quantitative estimate of drug-likeness (QED) is 0.723. The number of nitrogens with zero attached hydrogens (tertiary/aromatic N) is 4. The van der Waals surface area contributed by atoms with Crippen LogP contribution < -0.4 is 10.6 Å². The number of anilines is 2. The molecule has 0 unspecified atom stereocenters. The summed E-state index contributed by atoms with van der Waals surface area (Å²) in [5.41, 5.74) is 5.51. The maximum Gasteiger partial charge on any atom is 0.230 e. The molecule has 72 valence electrons. The van der Waals surface area contributed by atoms with Gasteiger partial charge in [-0.25, -0.2) is 0 Å². The van der Waals surface area contributed by atoms with E-state index in [1.54, 1.807) is 6.92 Å². The van der Waals surface area contributed by atoms with Crippen molar-refractivity contribution < 1.29 is 0 Å². The molecule has 0 bridgehead atoms. The highest BCUT2D eigenvalue weighted by Gasteiger charge is 2.09. The van der Waals surface area contributed by atoms with Gasteiger partial charge in [-0.2, -0.15) is 15.0 Å². The first kappa shape index (κ1) is 9.70. The summed E-state index contributed by atoms with van der Waals surface area (Å²) in [5.74, 6) is 1.55. The van der Waals surface area contributed by atoms with Crippen molar-refractivity contribution >= 4 is 11.9 Å². The number of nitrogen functional groups attached to an aromatic ring is 1. The summed E-state index contributed by atoms with van der Waals surface area (Å²) in [4.78, 5) is 14.1. The van der Waals surface area contributed by atoms with E-state index in [0.29, 0.717) is 17.8 Å². The topological polar surface area (TPSA) is 67.9 Å². The second kappa shape index (κ2) is 3.55. The molecule has 1 aromatic heterocycles. The highest BCUT2D eigenvalue weighted by molar-refractivity contribution is 5.34. The van der Waals surface area contributed by atoms with Crippen LogP contribution in [0.4, 0.5) is 11.9 Å². The molecule has 0 aliphatic carbocycles. The Hall–Kier alpha value is -1.39. The molecule has 13 heavy (non-hydrogen) atoms. The van der Waals surface area contributed by atoms with E-state index < -0.39 is 0 Å². The summed E-state index contributed by atoms with van der Waals surface area (Å²) in [6.07, 6.45) is 0. The van der Waals surface area contributed by atoms with Gasteiger partial charge in [0.1, 0.15) is 5.82 Å². The molecule has 0 aliphatic rings. The van der Waals surface area contributed by atoms with Crippen molar-refractivity contribution in [1.82, 2.24) is 15.0 Å². The van der Waals surface area contributed by atoms with E-state index in [0.717, 1.165) is 0 Å². The van der Waals surface area contributed by atoms with E-state index in [9.17, 15) is 0 Å². The number of hydrogen-bond donors (Lipinski definition) is 1. The van der Waals surface area contributed by atoms with Crippen LogP contribution in [0, 0.1) is 6.92 Å². The lowest BCUT2D eigenvalue weighted by Gasteiger charge is -2.21. The van der Waals surface area contributed by atoms with Gasteiger partial charge in [-0.1, -0.05) is 0 Å². The van der Waals surface area contributed by atoms with E-state index in [2.05, 4.69) is 28.8 Å². The third-order valence-electron chi connectivity index (χ3n) is 1.84. The molecule has 0 aliphatic heterocycles. The fourth-order valence-corrected chi connectivity index (χ4v) is 0.877. The van der Waals surface area contributed by atoms with Crippen LogP contribution in [0.15, 0.2) is 0 Å². The van der Waals surface area contributed by atoms with Crippen LogP contribution in [0.5, 0.6) is 0 Å². The van der Waals surface area contributed by atoms with Gasteiger partial charge in [0.15, 0.2) is 0 Å². The summed E-state index contributed by atoms with van der Waals surface area (Å²) in [6.45, 7) is 5.93. The molecular weight excluding hydrogens is 166 g/mol. The fraction of sp³-hybridized carbons (Fsp3) is 0.625. The van der Waals surface area contributed by atoms with Crippen molar-refractivity contribution in [2.45, 2.75) is 26.8 Å². The van der Waals surface area contributed by atoms with Crippen molar-refractivity contribution in [3.8, 4) is 0 Å². The minimum Gasteiger partial charge on any atom is -0.368 e. The van der Waals surface area contributed by atoms with Gasteiger partial charge in [0.2, 0.25) is 11.9 Å². The number of hydrogen-bond acceptors (Lipinski definition) is 5. The van der Waals surface area contributed by atoms with Crippen molar-refractivity contribution in [3.05, 3.63) is 5.82 Å². The smallest absolute Gasteiger partial charge is 0.230 e. The molecule has 2 N–H and O–H groups in total. The highest BCUT2D eigenvalue weighted by atomic mass is 15.3. The molecule has 0 spiro atoms. The van der Waals surface area contributed by atoms with Crippen LogP contribution in [-0.4, -0.2) is 28.0 Å². The van der Waals surface area contributed by atoms with Crippen LogP contribution in [-0.2, 0) is 0 Å². The van der Waals surface area contributed by atoms with Gasteiger partial charge < -0.3 is 10.6 Å². The lowest BCUT2D eigenvalue weighted by atomic mass is 10.4. The summed E-state index contributed by atoms with van der Waals surface area (Å²) in [7, 11) is 1.93. The Morgan fingerprint density at radius 2 is 1.85 bits per heavy atom. The Morgan fingerprint density at radius 3 is 2.31 bits per heavy atom. The van der Waals surface area contributed by atoms with Gasteiger partial charge >= 0.3 is 0 Å². The molecule has 5 heteroatoms. The van der Waals surface area contributed by atoms with Gasteiger partial charge in [0.05, 0.1) is 0 Å². The monoisotopic (exact) mass is 181 g/mol. The Balaban J connectivity index is 3.01. The Morgan fingerprint density at radius 1 is 1.23 bits per heavy atom. The van der Waals surface area contributed by atoms with Crippen LogP contribution in [0.1, 0.15) is 19.7 Å². The predicted molar refractivity (Wildman–Crippen MR) is 52.5 cm³/mol. The van der Waals surface area contributed by atoms with Crippen molar-refractivity contribution in [2.24, 2.45) is 0 Å². The third kappa shape index (κ3) is 2.27. The molecule has 0 radical (unpaired) electrons. The van der Waals surface area contributed by atoms with E-state index in [4.69, 9.17) is 5.73 Å². The van der Waals surface area contributed by atoms with Crippen LogP contribution >= 0.6 is 0 Å². The Kier molecular flexibility index (Phi) is 2.65. The molecule has 1 aromatic rings. The van der Waals surface area contributed by atoms with Gasteiger partial charge in [0, 0.05) is 13.1 Å². The van der Waals surface area contributed by atoms with E-state index in [1.165, 1.54) is 0 Å². The molecule has 0 saturated carbocycles. The SMILES string of the molecule is Cc1nc(N)nc(N(C)C(C)C)n1. The molecule has 0 fully saturated rings. The molecule has 5 nitrogen and oxygen atoms in total. The van der Waals surface area contributed by atoms with Crippen molar-refractivity contribution in [3.63, 3.8) is 0 Å². The number of aromatic nitrogens is 3. The van der Waals surface area contributed by atoms with Gasteiger partial charge in [-0.05, 0) is 20.8 Å². The number of nitrogens with two attached hydrogens (primary N) is 1. The average molecular weight is 181 g/mol. The average Bonchev–Trinajstić information content (AvgIpc) is 2.01. The summed E-state index contributed by atoms with van der Waals surface area (Å²) in [5, 5.41) is 0. The molecular formula is C8H15N5. The van der Waals surface area contributed by atoms with Crippen LogP contribution in [0.25, 0.3) is 0 Å². The third-order valence-corrected chi connectivity index (χ3v) is 1.84. The second-order valence-electron chi connectivity index (χ2n) is 3.25. The maximum atomic E-state index is 5.51. The lowest BCUT2D eigenvalue weighted by Crippen LogP contribution is -2.28. The maximum absolute atomic E-state index is 5.51. The predicted octanol–water partition coefficient (Wildman–Crippen LogP) is 0.607. The minimum absolute atomic E-state index is 0.273. The molecule has 0 aromatic carbocycles. The Bertz CT molecular complexity index is 276. The first-order chi connectivity index (χ1) is 6.00. The minimum atomic E-state index is 0.273. The van der Waals surface area contributed by atoms with Crippen LogP contribution in [0.2, 0.25) is 0 Å². The van der Waals surface area contributed by atoms with E-state index in [1.807, 2.05) is 11.9 Å². The zero-order chi connectivity index (χ0) is 10.0. The number of rotatable bonds is 2. The summed E-state index contributed by atoms with van der Waals surface area (Å²) < 4.78 is 0. The zero-order valence-electron chi connectivity index (χ0n) is 8.44. The largest absolute Gasteiger partial charge is 0.368 e. The van der Waals surface area contributed by atoms with Crippen molar-refractivity contribution in [2.75, 3.05) is 17.7 Å². The molecule has 0 amide bonds. The standard InChI is InChI=1S/C8H15N5/c1-5(2)13(4)8-11-6(3)10-7(9)12-8/h5H,1-4H3,(H2,9,10,11,12). The van der Waals surface area contributed by atoms with Gasteiger partial charge in [-0.3, -0.25) is 0 Å². The first-order valence-corrected chi connectivity index (χ1v) is 4.21. The molecule has 0 saturated heterocycles. The zero-order valence-corrected chi connectivity index (χ0v) is 8.44. The summed E-state index contributed by atoms with van der Waals surface area (Å²) in [6, 6.07) is 0.348. The lowest BCUT2D eigenvalue weighted by molar-refractivity contribution is 0.723. The summed E-state index contributed by atoms with van der Waals surface area (Å²) >= 11 is 0. The van der Waals surface area contributed by atoms with E-state index in [-0.39, 0.29) is 5.95 Å². The number of aryl methyl sites for hydroxylation is 1. The fourth-order valence-electron chi connectivity index (χ4n) is 0.877. The van der Waals surface area contributed by atoms with Crippen LogP contribution in [0.3, 0.4) is 0 Å². The molecule has 0 atom stereocenters. The van der Waals surface area contributed by atoms with Gasteiger partial charge in [-0.15, -0.1) is 0 Å².